The monoisotopic (exact) mass is 570 g/mol. The van der Waals surface area contributed by atoms with Gasteiger partial charge < -0.3 is 25.4 Å². The zero-order chi connectivity index (χ0) is 28.3. The highest BCUT2D eigenvalue weighted by Gasteiger charge is 2.30. The molecule has 0 radical (unpaired) electrons. The number of aromatic nitrogens is 5. The second-order valence-corrected chi connectivity index (χ2v) is 11.2. The Morgan fingerprint density at radius 2 is 1.59 bits per heavy atom. The number of nitrogens with zero attached hydrogens (tertiary/aromatic N) is 6. The van der Waals surface area contributed by atoms with Gasteiger partial charge in [-0.1, -0.05) is 12.1 Å². The molecule has 3 aliphatic rings. The number of aliphatic hydroxyl groups is 1. The number of imidazole rings is 1. The summed E-state index contributed by atoms with van der Waals surface area (Å²) in [4.78, 5) is 32.8. The number of halogens is 2. The molecule has 220 valence electrons. The van der Waals surface area contributed by atoms with Crippen LogP contribution < -0.4 is 15.5 Å². The minimum absolute atomic E-state index is 0.0196. The average molecular weight is 571 g/mol. The van der Waals surface area contributed by atoms with E-state index < -0.39 is 12.2 Å². The molecule has 41 heavy (non-hydrogen) atoms. The van der Waals surface area contributed by atoms with Gasteiger partial charge in [-0.3, -0.25) is 9.36 Å². The normalized spacial score (nSPS) is 25.4. The summed E-state index contributed by atoms with van der Waals surface area (Å²) in [5, 5.41) is 16.4. The first kappa shape index (κ1) is 27.7. The third-order valence-electron chi connectivity index (χ3n) is 8.36. The molecule has 0 unspecified atom stereocenters. The van der Waals surface area contributed by atoms with E-state index in [4.69, 9.17) is 4.74 Å². The number of fused-ring (bicyclic) bond motifs is 1. The number of hydrogen-bond donors (Lipinski definition) is 3. The molecule has 13 heteroatoms. The number of rotatable bonds is 7. The molecule has 2 aromatic heterocycles. The quantitative estimate of drug-likeness (QED) is 0.391. The zero-order valence-corrected chi connectivity index (χ0v) is 22.9. The predicted octanol–water partition coefficient (Wildman–Crippen LogP) is 3.38. The van der Waals surface area contributed by atoms with Gasteiger partial charge in [0.2, 0.25) is 23.8 Å². The minimum Gasteiger partial charge on any atom is -0.393 e. The van der Waals surface area contributed by atoms with Crippen molar-refractivity contribution < 1.29 is 23.4 Å². The number of carbonyl (C=O) groups is 1. The van der Waals surface area contributed by atoms with E-state index in [0.717, 1.165) is 38.5 Å². The Kier molecular flexibility index (Phi) is 8.24. The summed E-state index contributed by atoms with van der Waals surface area (Å²) < 4.78 is 35.0. The summed E-state index contributed by atoms with van der Waals surface area (Å²) >= 11 is 0. The summed E-state index contributed by atoms with van der Waals surface area (Å²) in [6.07, 6.45) is 2.97. The lowest BCUT2D eigenvalue weighted by Gasteiger charge is -2.32. The molecule has 2 saturated carbocycles. The molecule has 1 amide bonds. The SMILES string of the molecule is O=C(NC1CCC(Nc2nc(N3CCOCC3)nc(-n3c(C(F)F)nc4ccccc43)n2)CC1)C1CCC(O)CC1. The Morgan fingerprint density at radius 1 is 0.902 bits per heavy atom. The smallest absolute Gasteiger partial charge is 0.296 e. The largest absolute Gasteiger partial charge is 0.393 e. The highest BCUT2D eigenvalue weighted by atomic mass is 19.3. The molecule has 0 atom stereocenters. The number of ether oxygens (including phenoxy) is 1. The summed E-state index contributed by atoms with van der Waals surface area (Å²) in [6.45, 7) is 2.22. The number of alkyl halides is 2. The van der Waals surface area contributed by atoms with Crippen LogP contribution in [0.4, 0.5) is 20.7 Å². The molecule has 11 nitrogen and oxygen atoms in total. The number of aliphatic hydroxyl groups excluding tert-OH is 1. The first-order chi connectivity index (χ1) is 19.9. The lowest BCUT2D eigenvalue weighted by atomic mass is 9.86. The van der Waals surface area contributed by atoms with Crippen molar-refractivity contribution in [3.05, 3.63) is 30.1 Å². The van der Waals surface area contributed by atoms with Crippen LogP contribution in [0.5, 0.6) is 0 Å². The number of morpholine rings is 1. The van der Waals surface area contributed by atoms with Crippen molar-refractivity contribution in [3.63, 3.8) is 0 Å². The van der Waals surface area contributed by atoms with Crippen molar-refractivity contribution in [3.8, 4) is 5.95 Å². The van der Waals surface area contributed by atoms with E-state index >= 15 is 0 Å². The minimum atomic E-state index is -2.81. The van der Waals surface area contributed by atoms with E-state index in [1.807, 2.05) is 4.90 Å². The molecule has 1 aliphatic heterocycles. The van der Waals surface area contributed by atoms with Crippen molar-refractivity contribution in [2.45, 2.75) is 76.0 Å². The fraction of sp³-hybridized carbons (Fsp3) is 0.607. The fourth-order valence-electron chi connectivity index (χ4n) is 6.05. The third-order valence-corrected chi connectivity index (χ3v) is 8.36. The van der Waals surface area contributed by atoms with E-state index in [1.165, 1.54) is 4.57 Å². The Morgan fingerprint density at radius 3 is 2.32 bits per heavy atom. The van der Waals surface area contributed by atoms with Crippen molar-refractivity contribution >= 4 is 28.8 Å². The Hall–Kier alpha value is -3.45. The summed E-state index contributed by atoms with van der Waals surface area (Å²) in [5.74, 6) is 0.466. The standard InChI is InChI=1S/C28H36F2N8O3/c29-23(30)24-33-21-3-1-2-4-22(21)38(24)28-35-26(34-27(36-28)37-13-15-41-16-14-37)32-19-9-7-18(8-10-19)31-25(40)17-5-11-20(39)12-6-17/h1-4,17-20,23,39H,5-16H2,(H,31,40)(H,32,34,35,36). The first-order valence-corrected chi connectivity index (χ1v) is 14.5. The molecule has 0 spiro atoms. The Labute approximate surface area is 236 Å². The van der Waals surface area contributed by atoms with Crippen molar-refractivity contribution in [2.75, 3.05) is 36.5 Å². The highest BCUT2D eigenvalue weighted by molar-refractivity contribution is 5.79. The molecule has 3 fully saturated rings. The molecule has 3 N–H and O–H groups in total. The predicted molar refractivity (Wildman–Crippen MR) is 148 cm³/mol. The van der Waals surface area contributed by atoms with Crippen LogP contribution in [0.3, 0.4) is 0 Å². The molecule has 1 aromatic carbocycles. The fourth-order valence-corrected chi connectivity index (χ4v) is 6.05. The van der Waals surface area contributed by atoms with Gasteiger partial charge in [-0.05, 0) is 63.5 Å². The van der Waals surface area contributed by atoms with Gasteiger partial charge in [0.05, 0.1) is 30.4 Å². The van der Waals surface area contributed by atoms with Gasteiger partial charge in [-0.2, -0.15) is 15.0 Å². The first-order valence-electron chi connectivity index (χ1n) is 14.5. The number of carbonyl (C=O) groups excluding carboxylic acids is 1. The number of amides is 1. The Balaban J connectivity index is 1.20. The van der Waals surface area contributed by atoms with E-state index in [0.29, 0.717) is 62.1 Å². The second kappa shape index (κ2) is 12.2. The molecule has 2 aliphatic carbocycles. The molecular weight excluding hydrogens is 534 g/mol. The molecule has 1 saturated heterocycles. The van der Waals surface area contributed by atoms with Crippen LogP contribution >= 0.6 is 0 Å². The molecule has 3 aromatic rings. The molecule has 0 bridgehead atoms. The van der Waals surface area contributed by atoms with E-state index in [1.54, 1.807) is 24.3 Å². The van der Waals surface area contributed by atoms with Crippen molar-refractivity contribution in [1.29, 1.82) is 0 Å². The molecule has 6 rings (SSSR count). The van der Waals surface area contributed by atoms with Crippen LogP contribution in [0.15, 0.2) is 24.3 Å². The van der Waals surface area contributed by atoms with Crippen LogP contribution in [-0.4, -0.2) is 80.0 Å². The summed E-state index contributed by atoms with van der Waals surface area (Å²) in [5.41, 5.74) is 0.937. The topological polar surface area (TPSA) is 130 Å². The number of anilines is 2. The highest BCUT2D eigenvalue weighted by Crippen LogP contribution is 2.29. The average Bonchev–Trinajstić information content (AvgIpc) is 3.39. The lowest BCUT2D eigenvalue weighted by molar-refractivity contribution is -0.127. The van der Waals surface area contributed by atoms with E-state index in [9.17, 15) is 18.7 Å². The van der Waals surface area contributed by atoms with Gasteiger partial charge in [0.15, 0.2) is 5.82 Å². The van der Waals surface area contributed by atoms with E-state index in [-0.39, 0.29) is 36.0 Å². The van der Waals surface area contributed by atoms with Gasteiger partial charge in [-0.15, -0.1) is 0 Å². The lowest BCUT2D eigenvalue weighted by Crippen LogP contribution is -2.43. The van der Waals surface area contributed by atoms with Gasteiger partial charge in [0.1, 0.15) is 0 Å². The number of nitrogens with one attached hydrogen (secondary N) is 2. The van der Waals surface area contributed by atoms with Crippen LogP contribution in [0.1, 0.15) is 63.6 Å². The maximum Gasteiger partial charge on any atom is 0.296 e. The van der Waals surface area contributed by atoms with E-state index in [2.05, 4.69) is 30.6 Å². The van der Waals surface area contributed by atoms with Gasteiger partial charge in [0.25, 0.3) is 6.43 Å². The maximum atomic E-state index is 14.1. The number of hydrogen-bond acceptors (Lipinski definition) is 9. The van der Waals surface area contributed by atoms with Gasteiger partial charge in [0, 0.05) is 31.1 Å². The van der Waals surface area contributed by atoms with Crippen LogP contribution in [-0.2, 0) is 9.53 Å². The number of benzene rings is 1. The van der Waals surface area contributed by atoms with Crippen molar-refractivity contribution in [2.24, 2.45) is 5.92 Å². The Bertz CT molecular complexity index is 1350. The number of para-hydroxylation sites is 2. The second-order valence-electron chi connectivity index (χ2n) is 11.2. The van der Waals surface area contributed by atoms with Crippen LogP contribution in [0, 0.1) is 5.92 Å². The van der Waals surface area contributed by atoms with Gasteiger partial charge >= 0.3 is 0 Å². The summed E-state index contributed by atoms with van der Waals surface area (Å²) in [7, 11) is 0. The molecule has 3 heterocycles. The third kappa shape index (κ3) is 6.25. The van der Waals surface area contributed by atoms with Crippen LogP contribution in [0.25, 0.3) is 17.0 Å². The zero-order valence-electron chi connectivity index (χ0n) is 22.9. The summed E-state index contributed by atoms with van der Waals surface area (Å²) in [6, 6.07) is 7.12. The maximum absolute atomic E-state index is 14.1. The molecular formula is C28H36F2N8O3. The van der Waals surface area contributed by atoms with Crippen LogP contribution in [0.2, 0.25) is 0 Å². The van der Waals surface area contributed by atoms with Crippen molar-refractivity contribution in [1.82, 2.24) is 29.8 Å². The van der Waals surface area contributed by atoms with Gasteiger partial charge in [-0.25, -0.2) is 13.8 Å².